The molecule has 0 spiro atoms. The first-order valence-corrected chi connectivity index (χ1v) is 23.2. The number of hydrogen-bond acceptors (Lipinski definition) is 12. The highest BCUT2D eigenvalue weighted by Gasteiger charge is 2.42. The molecule has 18 nitrogen and oxygen atoms in total. The van der Waals surface area contributed by atoms with E-state index in [0.717, 1.165) is 16.9 Å². The lowest BCUT2D eigenvalue weighted by molar-refractivity contribution is -0.150. The minimum absolute atomic E-state index is 0.00377. The zero-order chi connectivity index (χ0) is 50.4. The molecule has 1 aliphatic rings. The van der Waals surface area contributed by atoms with Gasteiger partial charge in [0, 0.05) is 53.2 Å². The highest BCUT2D eigenvalue weighted by Crippen LogP contribution is 2.30. The van der Waals surface area contributed by atoms with Crippen LogP contribution in [-0.2, 0) is 54.2 Å². The lowest BCUT2D eigenvalue weighted by Crippen LogP contribution is -2.54. The quantitative estimate of drug-likeness (QED) is 0.0880. The predicted octanol–water partition coefficient (Wildman–Crippen LogP) is 3.53. The number of primary amides is 1. The molecule has 0 saturated carbocycles. The predicted molar refractivity (Wildman–Crippen MR) is 251 cm³/mol. The fourth-order valence-electron chi connectivity index (χ4n) is 8.46. The standard InChI is InChI=1S/C39H62N4O11.C9H20N2O/c1-9-26(4)36(41(6)32(44)20-25(2)3)31(52-7)22-33(45)43-17-13-16-30(43)37(53-8)27(5)38(50)40-29(21-28-14-11-10-12-15-28)39(51)54-19-18-42(23-34(46)47)24-35(48)49;1-6(2)8(9(10)12)11(5)7(3)4/h10-12,14-15,25-27,29-31,36-37H,9,13,16-24H2,1-8H3,(H,40,50)(H,46,47)(H,48,49);6-8H,1-5H3,(H2,10,12). The number of rotatable bonds is 28. The van der Waals surface area contributed by atoms with Gasteiger partial charge in [-0.25, -0.2) is 4.79 Å². The zero-order valence-electron chi connectivity index (χ0n) is 41.9. The van der Waals surface area contributed by atoms with Gasteiger partial charge in [-0.05, 0) is 57.1 Å². The van der Waals surface area contributed by atoms with Gasteiger partial charge in [0.25, 0.3) is 0 Å². The number of carboxylic acid groups (broad SMARTS) is 2. The Balaban J connectivity index is 0.00000158. The number of carbonyl (C=O) groups excluding carboxylic acids is 5. The van der Waals surface area contributed by atoms with Crippen LogP contribution in [0, 0.1) is 23.7 Å². The number of amides is 4. The SMILES string of the molecule is CC(C)C(C(N)=O)N(C)C(C)C.CCC(C)C(C(CC(=O)N1CCCC1C(OC)C(C)C(=O)NC(Cc1ccccc1)C(=O)OCCN(CC(=O)O)CC(=O)O)OC)N(C)C(=O)CC(C)C. The summed E-state index contributed by atoms with van der Waals surface area (Å²) in [4.78, 5) is 94.3. The Bertz CT molecular complexity index is 1660. The van der Waals surface area contributed by atoms with Crippen LogP contribution in [0.2, 0.25) is 0 Å². The average molecular weight is 935 g/mol. The molecule has 1 saturated heterocycles. The van der Waals surface area contributed by atoms with Gasteiger partial charge in [0.05, 0.1) is 55.8 Å². The van der Waals surface area contributed by atoms with E-state index in [0.29, 0.717) is 31.8 Å². The molecule has 1 aromatic rings. The Morgan fingerprint density at radius 1 is 0.879 bits per heavy atom. The van der Waals surface area contributed by atoms with Gasteiger partial charge in [0.1, 0.15) is 12.6 Å². The van der Waals surface area contributed by atoms with E-state index in [-0.39, 0.29) is 73.6 Å². The molecule has 1 aliphatic heterocycles. The molecule has 8 atom stereocenters. The van der Waals surface area contributed by atoms with Crippen LogP contribution in [0.4, 0.5) is 0 Å². The van der Waals surface area contributed by atoms with Gasteiger partial charge in [-0.2, -0.15) is 0 Å². The van der Waals surface area contributed by atoms with E-state index >= 15 is 0 Å². The van der Waals surface area contributed by atoms with E-state index in [1.54, 1.807) is 55.1 Å². The second-order valence-corrected chi connectivity index (χ2v) is 18.5. The summed E-state index contributed by atoms with van der Waals surface area (Å²) in [5.41, 5.74) is 6.05. The smallest absolute Gasteiger partial charge is 0.329 e. The molecule has 2 rings (SSSR count). The van der Waals surface area contributed by atoms with Crippen molar-refractivity contribution in [1.29, 1.82) is 0 Å². The summed E-state index contributed by atoms with van der Waals surface area (Å²) in [7, 11) is 6.74. The number of nitrogens with one attached hydrogen (secondary N) is 1. The molecule has 4 amide bonds. The number of ether oxygens (including phenoxy) is 3. The third-order valence-electron chi connectivity index (χ3n) is 12.3. The number of methoxy groups -OCH3 is 2. The maximum Gasteiger partial charge on any atom is 0.329 e. The summed E-state index contributed by atoms with van der Waals surface area (Å²) in [5, 5.41) is 21.0. The molecule has 0 aliphatic carbocycles. The summed E-state index contributed by atoms with van der Waals surface area (Å²) in [6, 6.07) is 7.34. The van der Waals surface area contributed by atoms with Crippen molar-refractivity contribution >= 4 is 41.5 Å². The zero-order valence-corrected chi connectivity index (χ0v) is 41.9. The molecule has 1 heterocycles. The Morgan fingerprint density at radius 2 is 1.47 bits per heavy atom. The van der Waals surface area contributed by atoms with E-state index in [9.17, 15) is 33.6 Å². The van der Waals surface area contributed by atoms with Crippen LogP contribution in [0.1, 0.15) is 100.0 Å². The monoisotopic (exact) mass is 935 g/mol. The number of hydrogen-bond donors (Lipinski definition) is 4. The fourth-order valence-corrected chi connectivity index (χ4v) is 8.46. The van der Waals surface area contributed by atoms with Crippen LogP contribution in [-0.4, -0.2) is 175 Å². The lowest BCUT2D eigenvalue weighted by Gasteiger charge is -2.39. The average Bonchev–Trinajstić information content (AvgIpc) is 3.72. The Morgan fingerprint density at radius 3 is 1.92 bits per heavy atom. The first-order valence-electron chi connectivity index (χ1n) is 23.2. The van der Waals surface area contributed by atoms with E-state index in [1.807, 2.05) is 52.6 Å². The number of aliphatic carboxylic acids is 2. The van der Waals surface area contributed by atoms with Gasteiger partial charge in [-0.1, -0.05) is 85.2 Å². The topological polar surface area (TPSA) is 239 Å². The van der Waals surface area contributed by atoms with Crippen LogP contribution in [0.3, 0.4) is 0 Å². The van der Waals surface area contributed by atoms with Gasteiger partial charge in [-0.3, -0.25) is 38.6 Å². The first kappa shape index (κ1) is 59.4. The Labute approximate surface area is 393 Å². The molecule has 1 fully saturated rings. The molecule has 376 valence electrons. The van der Waals surface area contributed by atoms with Crippen LogP contribution in [0.15, 0.2) is 30.3 Å². The summed E-state index contributed by atoms with van der Waals surface area (Å²) in [5.74, 6) is -4.39. The number of carbonyl (C=O) groups is 7. The Kier molecular flexibility index (Phi) is 26.9. The van der Waals surface area contributed by atoms with E-state index in [1.165, 1.54) is 7.11 Å². The second kappa shape index (κ2) is 29.9. The van der Waals surface area contributed by atoms with Crippen molar-refractivity contribution in [2.24, 2.45) is 29.4 Å². The third kappa shape index (κ3) is 19.7. The summed E-state index contributed by atoms with van der Waals surface area (Å²) < 4.78 is 17.2. The molecule has 5 N–H and O–H groups in total. The summed E-state index contributed by atoms with van der Waals surface area (Å²) in [6.45, 7) is 16.8. The van der Waals surface area contributed by atoms with Crippen molar-refractivity contribution in [2.45, 2.75) is 143 Å². The lowest BCUT2D eigenvalue weighted by atomic mass is 9.90. The molecule has 0 bridgehead atoms. The number of likely N-dealkylation sites (tertiary alicyclic amines) is 1. The molecular weight excluding hydrogens is 853 g/mol. The van der Waals surface area contributed by atoms with E-state index in [4.69, 9.17) is 30.2 Å². The van der Waals surface area contributed by atoms with Crippen molar-refractivity contribution in [1.82, 2.24) is 24.9 Å². The van der Waals surface area contributed by atoms with Crippen LogP contribution in [0.5, 0.6) is 0 Å². The molecule has 8 unspecified atom stereocenters. The number of nitrogens with zero attached hydrogens (tertiary/aromatic N) is 4. The maximum atomic E-state index is 14.0. The fraction of sp³-hybridized carbons (Fsp3) is 0.729. The molecule has 18 heteroatoms. The van der Waals surface area contributed by atoms with E-state index < -0.39 is 67.1 Å². The summed E-state index contributed by atoms with van der Waals surface area (Å²) in [6.07, 6.45) is 1.35. The first-order chi connectivity index (χ1) is 30.9. The molecule has 0 aromatic heterocycles. The molecule has 66 heavy (non-hydrogen) atoms. The second-order valence-electron chi connectivity index (χ2n) is 18.5. The number of esters is 1. The molecular formula is C48H82N6O12. The van der Waals surface area contributed by atoms with Crippen molar-refractivity contribution in [3.8, 4) is 0 Å². The molecule has 0 radical (unpaired) electrons. The maximum absolute atomic E-state index is 14.0. The number of likely N-dealkylation sites (N-methyl/N-ethyl adjacent to an activating group) is 2. The normalized spacial score (nSPS) is 17.1. The van der Waals surface area contributed by atoms with Gasteiger partial charge in [0.2, 0.25) is 23.6 Å². The molecule has 1 aromatic carbocycles. The van der Waals surface area contributed by atoms with Gasteiger partial charge in [0.15, 0.2) is 0 Å². The highest BCUT2D eigenvalue weighted by molar-refractivity contribution is 5.86. The van der Waals surface area contributed by atoms with Crippen molar-refractivity contribution in [2.75, 3.05) is 61.1 Å². The number of carboxylic acids is 2. The largest absolute Gasteiger partial charge is 0.480 e. The van der Waals surface area contributed by atoms with Gasteiger partial charge in [-0.15, -0.1) is 0 Å². The van der Waals surface area contributed by atoms with Gasteiger partial charge < -0.3 is 45.3 Å². The summed E-state index contributed by atoms with van der Waals surface area (Å²) >= 11 is 0. The highest BCUT2D eigenvalue weighted by atomic mass is 16.5. The van der Waals surface area contributed by atoms with Crippen LogP contribution in [0.25, 0.3) is 0 Å². The van der Waals surface area contributed by atoms with E-state index in [2.05, 4.69) is 26.1 Å². The minimum Gasteiger partial charge on any atom is -0.480 e. The minimum atomic E-state index is -1.23. The Hall–Kier alpha value is -4.65. The van der Waals surface area contributed by atoms with Gasteiger partial charge >= 0.3 is 17.9 Å². The van der Waals surface area contributed by atoms with Crippen LogP contribution >= 0.6 is 0 Å². The number of benzene rings is 1. The van der Waals surface area contributed by atoms with Crippen LogP contribution < -0.4 is 11.1 Å². The van der Waals surface area contributed by atoms with Crippen molar-refractivity contribution in [3.63, 3.8) is 0 Å². The third-order valence-corrected chi connectivity index (χ3v) is 12.3. The number of nitrogens with two attached hydrogens (primary N) is 1. The van der Waals surface area contributed by atoms with Crippen molar-refractivity contribution in [3.05, 3.63) is 35.9 Å². The van der Waals surface area contributed by atoms with Crippen molar-refractivity contribution < 1.29 is 58.0 Å².